The van der Waals surface area contributed by atoms with Crippen LogP contribution in [0.3, 0.4) is 0 Å². The summed E-state index contributed by atoms with van der Waals surface area (Å²) >= 11 is 0. The van der Waals surface area contributed by atoms with Crippen LogP contribution in [0.4, 0.5) is 0 Å². The van der Waals surface area contributed by atoms with Gasteiger partial charge in [-0.05, 0) is 19.8 Å². The van der Waals surface area contributed by atoms with Crippen LogP contribution in [-0.2, 0) is 9.53 Å². The summed E-state index contributed by atoms with van der Waals surface area (Å²) in [7, 11) is 0. The van der Waals surface area contributed by atoms with E-state index in [-0.39, 0.29) is 6.10 Å². The molecule has 2 nitrogen and oxygen atoms in total. The first-order valence-corrected chi connectivity index (χ1v) is 7.34. The fraction of sp³-hybridized carbons (Fsp3) is 0.933. The maximum atomic E-state index is 9.95. The van der Waals surface area contributed by atoms with Crippen molar-refractivity contribution in [1.29, 1.82) is 0 Å². The number of hydrogen-bond donors (Lipinski definition) is 0. The molecule has 0 spiro atoms. The standard InChI is InChI=1S/C15H29O2/c1-3-4-5-6-7-8-9-10-11-12-13-15(2)17-14-16/h15H,3-13H2,1-2H3. The molecule has 1 unspecified atom stereocenters. The second-order valence-electron chi connectivity index (χ2n) is 4.98. The van der Waals surface area contributed by atoms with Crippen molar-refractivity contribution in [3.63, 3.8) is 0 Å². The van der Waals surface area contributed by atoms with Gasteiger partial charge in [0.15, 0.2) is 0 Å². The zero-order chi connectivity index (χ0) is 12.8. The Balaban J connectivity index is 3.00. The quantitative estimate of drug-likeness (QED) is 0.434. The molecule has 0 bridgehead atoms. The molecule has 0 aliphatic carbocycles. The zero-order valence-corrected chi connectivity index (χ0v) is 11.7. The third-order valence-electron chi connectivity index (χ3n) is 3.21. The van der Waals surface area contributed by atoms with Crippen LogP contribution >= 0.6 is 0 Å². The second-order valence-corrected chi connectivity index (χ2v) is 4.98. The molecule has 0 N–H and O–H groups in total. The van der Waals surface area contributed by atoms with E-state index in [0.717, 1.165) is 6.42 Å². The maximum Gasteiger partial charge on any atom is 0.417 e. The molecule has 0 aromatic carbocycles. The van der Waals surface area contributed by atoms with Crippen LogP contribution < -0.4 is 0 Å². The minimum atomic E-state index is 0.0431. The van der Waals surface area contributed by atoms with E-state index in [1.165, 1.54) is 70.7 Å². The van der Waals surface area contributed by atoms with E-state index < -0.39 is 0 Å². The predicted octanol–water partition coefficient (Wildman–Crippen LogP) is 4.77. The molecular formula is C15H29O2. The van der Waals surface area contributed by atoms with Gasteiger partial charge in [-0.1, -0.05) is 64.7 Å². The van der Waals surface area contributed by atoms with Gasteiger partial charge in [0.2, 0.25) is 0 Å². The summed E-state index contributed by atoms with van der Waals surface area (Å²) in [5.41, 5.74) is 0. The fourth-order valence-corrected chi connectivity index (χ4v) is 2.06. The molecule has 0 aromatic heterocycles. The highest BCUT2D eigenvalue weighted by Gasteiger charge is 2.01. The molecule has 101 valence electrons. The van der Waals surface area contributed by atoms with Gasteiger partial charge in [0.1, 0.15) is 0 Å². The average Bonchev–Trinajstić information content (AvgIpc) is 2.32. The van der Waals surface area contributed by atoms with Gasteiger partial charge < -0.3 is 4.74 Å². The van der Waals surface area contributed by atoms with Crippen molar-refractivity contribution in [1.82, 2.24) is 0 Å². The molecule has 2 heteroatoms. The Morgan fingerprint density at radius 2 is 1.35 bits per heavy atom. The summed E-state index contributed by atoms with van der Waals surface area (Å²) in [5, 5.41) is 0. The summed E-state index contributed by atoms with van der Waals surface area (Å²) < 4.78 is 4.72. The van der Waals surface area contributed by atoms with Gasteiger partial charge in [-0.25, -0.2) is 4.79 Å². The summed E-state index contributed by atoms with van der Waals surface area (Å²) in [5.74, 6) is 0. The Bertz CT molecular complexity index is 157. The first-order chi connectivity index (χ1) is 8.31. The van der Waals surface area contributed by atoms with Crippen LogP contribution in [0.25, 0.3) is 0 Å². The third-order valence-corrected chi connectivity index (χ3v) is 3.21. The second kappa shape index (κ2) is 13.5. The van der Waals surface area contributed by atoms with Gasteiger partial charge in [0.05, 0.1) is 6.10 Å². The van der Waals surface area contributed by atoms with E-state index in [1.54, 1.807) is 0 Å². The van der Waals surface area contributed by atoms with Crippen molar-refractivity contribution in [2.75, 3.05) is 0 Å². The number of rotatable bonds is 13. The average molecular weight is 241 g/mol. The van der Waals surface area contributed by atoms with Crippen LogP contribution in [-0.4, -0.2) is 12.6 Å². The first kappa shape index (κ1) is 16.5. The number of hydrogen-bond acceptors (Lipinski definition) is 2. The smallest absolute Gasteiger partial charge is 0.417 e. The largest absolute Gasteiger partial charge is 0.454 e. The molecule has 0 saturated heterocycles. The highest BCUT2D eigenvalue weighted by atomic mass is 16.5. The van der Waals surface area contributed by atoms with Crippen molar-refractivity contribution >= 4 is 6.47 Å². The fourth-order valence-electron chi connectivity index (χ4n) is 2.06. The molecule has 17 heavy (non-hydrogen) atoms. The number of carbonyl (C=O) groups excluding carboxylic acids is 1. The third kappa shape index (κ3) is 13.4. The molecule has 1 atom stereocenters. The summed E-state index contributed by atoms with van der Waals surface area (Å²) in [6.45, 7) is 5.69. The van der Waals surface area contributed by atoms with Crippen molar-refractivity contribution < 1.29 is 9.53 Å². The van der Waals surface area contributed by atoms with E-state index >= 15 is 0 Å². The van der Waals surface area contributed by atoms with E-state index in [9.17, 15) is 4.79 Å². The molecule has 1 radical (unpaired) electrons. The minimum Gasteiger partial charge on any atom is -0.454 e. The molecule has 0 aromatic rings. The topological polar surface area (TPSA) is 26.3 Å². The predicted molar refractivity (Wildman–Crippen MR) is 72.7 cm³/mol. The lowest BCUT2D eigenvalue weighted by Crippen LogP contribution is -2.05. The monoisotopic (exact) mass is 241 g/mol. The van der Waals surface area contributed by atoms with E-state index in [0.29, 0.717) is 0 Å². The Morgan fingerprint density at radius 3 is 1.82 bits per heavy atom. The minimum absolute atomic E-state index is 0.0431. The van der Waals surface area contributed by atoms with Gasteiger partial charge in [-0.15, -0.1) is 0 Å². The molecule has 0 aliphatic heterocycles. The van der Waals surface area contributed by atoms with Gasteiger partial charge in [-0.3, -0.25) is 0 Å². The van der Waals surface area contributed by atoms with Crippen molar-refractivity contribution in [2.24, 2.45) is 0 Å². The Labute approximate surface area is 107 Å². The van der Waals surface area contributed by atoms with Gasteiger partial charge in [0, 0.05) is 0 Å². The van der Waals surface area contributed by atoms with Crippen LogP contribution in [0.2, 0.25) is 0 Å². The molecule has 0 heterocycles. The normalized spacial score (nSPS) is 12.4. The Morgan fingerprint density at radius 1 is 0.882 bits per heavy atom. The lowest BCUT2D eigenvalue weighted by molar-refractivity contribution is 0.181. The van der Waals surface area contributed by atoms with Crippen LogP contribution in [0.15, 0.2) is 0 Å². The highest BCUT2D eigenvalue weighted by Crippen LogP contribution is 2.12. The molecule has 0 amide bonds. The van der Waals surface area contributed by atoms with E-state index in [4.69, 9.17) is 4.74 Å². The lowest BCUT2D eigenvalue weighted by Gasteiger charge is -2.07. The highest BCUT2D eigenvalue weighted by molar-refractivity contribution is 5.38. The van der Waals surface area contributed by atoms with Gasteiger partial charge in [0.25, 0.3) is 0 Å². The van der Waals surface area contributed by atoms with Crippen LogP contribution in [0.5, 0.6) is 0 Å². The maximum absolute atomic E-state index is 9.95. The lowest BCUT2D eigenvalue weighted by atomic mass is 10.1. The number of unbranched alkanes of at least 4 members (excludes halogenated alkanes) is 9. The van der Waals surface area contributed by atoms with E-state index in [1.807, 2.05) is 6.92 Å². The zero-order valence-electron chi connectivity index (χ0n) is 11.7. The molecule has 0 fully saturated rings. The number of ether oxygens (including phenoxy) is 1. The first-order valence-electron chi connectivity index (χ1n) is 7.34. The molecule has 0 rings (SSSR count). The molecule has 0 aliphatic rings. The van der Waals surface area contributed by atoms with Crippen molar-refractivity contribution in [3.8, 4) is 0 Å². The van der Waals surface area contributed by atoms with Gasteiger partial charge >= 0.3 is 6.47 Å². The summed E-state index contributed by atoms with van der Waals surface area (Å²) in [6, 6.07) is 0. The molecule has 0 saturated carbocycles. The Kier molecular flexibility index (Phi) is 13.1. The summed E-state index contributed by atoms with van der Waals surface area (Å²) in [6.07, 6.45) is 14.5. The van der Waals surface area contributed by atoms with Gasteiger partial charge in [-0.2, -0.15) is 0 Å². The van der Waals surface area contributed by atoms with E-state index in [2.05, 4.69) is 6.92 Å². The van der Waals surface area contributed by atoms with Crippen molar-refractivity contribution in [3.05, 3.63) is 0 Å². The van der Waals surface area contributed by atoms with Crippen molar-refractivity contribution in [2.45, 2.75) is 90.6 Å². The van der Waals surface area contributed by atoms with Crippen LogP contribution in [0, 0.1) is 0 Å². The van der Waals surface area contributed by atoms with Crippen LogP contribution in [0.1, 0.15) is 84.5 Å². The SMILES string of the molecule is CCCCCCCCCCCCC(C)O[C]=O. The Hall–Kier alpha value is -0.530. The summed E-state index contributed by atoms with van der Waals surface area (Å²) in [4.78, 5) is 9.95. The molecular weight excluding hydrogens is 212 g/mol.